The smallest absolute Gasteiger partial charge is 0.407 e. The number of hydrogen-bond donors (Lipinski definition) is 1. The highest BCUT2D eigenvalue weighted by atomic mass is 16.5. The summed E-state index contributed by atoms with van der Waals surface area (Å²) in [6, 6.07) is 1.01. The maximum Gasteiger partial charge on any atom is 0.407 e. The third kappa shape index (κ3) is 4.10. The first-order valence-corrected chi connectivity index (χ1v) is 7.90. The van der Waals surface area contributed by atoms with Crippen LogP contribution in [0.3, 0.4) is 0 Å². The van der Waals surface area contributed by atoms with E-state index < -0.39 is 0 Å². The number of nitrogens with one attached hydrogen (secondary N) is 1. The van der Waals surface area contributed by atoms with Gasteiger partial charge in [0.05, 0.1) is 6.61 Å². The fraction of sp³-hybridized carbons (Fsp3) is 0.933. The first-order valence-electron chi connectivity index (χ1n) is 7.90. The number of carbonyl (C=O) groups excluding carboxylic acids is 1. The average Bonchev–Trinajstić information content (AvgIpc) is 2.92. The van der Waals surface area contributed by atoms with Gasteiger partial charge in [-0.15, -0.1) is 0 Å². The standard InChI is InChI=1S/C15H28N2O2/c1-3-12-9-13(16-15(18)19-4-2)11-17(10-12)14-7-5-6-8-14/h12-14H,3-11H2,1-2H3,(H,16,18). The van der Waals surface area contributed by atoms with E-state index >= 15 is 0 Å². The Morgan fingerprint density at radius 2 is 2.00 bits per heavy atom. The molecule has 0 aromatic rings. The molecule has 2 unspecified atom stereocenters. The van der Waals surface area contributed by atoms with E-state index in [1.165, 1.54) is 38.6 Å². The van der Waals surface area contributed by atoms with Crippen LogP contribution in [0.15, 0.2) is 0 Å². The summed E-state index contributed by atoms with van der Waals surface area (Å²) in [5.41, 5.74) is 0. The minimum atomic E-state index is -0.254. The van der Waals surface area contributed by atoms with E-state index in [1.54, 1.807) is 0 Å². The number of likely N-dealkylation sites (tertiary alicyclic amines) is 1. The van der Waals surface area contributed by atoms with Crippen molar-refractivity contribution in [2.45, 2.75) is 64.5 Å². The highest BCUT2D eigenvalue weighted by Gasteiger charge is 2.32. The molecule has 1 saturated carbocycles. The van der Waals surface area contributed by atoms with Crippen molar-refractivity contribution in [1.82, 2.24) is 10.2 Å². The molecule has 0 spiro atoms. The molecule has 1 aliphatic carbocycles. The van der Waals surface area contributed by atoms with E-state index in [0.717, 1.165) is 19.0 Å². The van der Waals surface area contributed by atoms with Crippen molar-refractivity contribution < 1.29 is 9.53 Å². The van der Waals surface area contributed by atoms with Crippen LogP contribution >= 0.6 is 0 Å². The van der Waals surface area contributed by atoms with Gasteiger partial charge < -0.3 is 10.1 Å². The summed E-state index contributed by atoms with van der Waals surface area (Å²) in [5, 5.41) is 3.03. The zero-order valence-electron chi connectivity index (χ0n) is 12.4. The van der Waals surface area contributed by atoms with E-state index in [-0.39, 0.29) is 12.1 Å². The summed E-state index contributed by atoms with van der Waals surface area (Å²) in [6.45, 7) is 6.76. The Kier molecular flexibility index (Phi) is 5.49. The lowest BCUT2D eigenvalue weighted by atomic mass is 9.91. The van der Waals surface area contributed by atoms with Gasteiger partial charge in [-0.2, -0.15) is 0 Å². The Labute approximate surface area is 116 Å². The third-order valence-electron chi connectivity index (χ3n) is 4.58. The Morgan fingerprint density at radius 1 is 1.26 bits per heavy atom. The van der Waals surface area contributed by atoms with E-state index in [0.29, 0.717) is 12.5 Å². The van der Waals surface area contributed by atoms with Crippen LogP contribution in [-0.2, 0) is 4.74 Å². The summed E-state index contributed by atoms with van der Waals surface area (Å²) in [4.78, 5) is 14.2. The molecule has 1 amide bonds. The molecule has 2 fully saturated rings. The van der Waals surface area contributed by atoms with E-state index in [1.807, 2.05) is 6.92 Å². The summed E-state index contributed by atoms with van der Waals surface area (Å²) in [6.07, 6.45) is 7.45. The molecule has 2 rings (SSSR count). The number of hydrogen-bond acceptors (Lipinski definition) is 3. The number of ether oxygens (including phenoxy) is 1. The monoisotopic (exact) mass is 268 g/mol. The molecular weight excluding hydrogens is 240 g/mol. The lowest BCUT2D eigenvalue weighted by molar-refractivity contribution is 0.0891. The highest BCUT2D eigenvalue weighted by Crippen LogP contribution is 2.29. The van der Waals surface area contributed by atoms with Gasteiger partial charge in [-0.05, 0) is 32.1 Å². The molecule has 1 saturated heterocycles. The van der Waals surface area contributed by atoms with Crippen LogP contribution in [0.2, 0.25) is 0 Å². The maximum atomic E-state index is 11.6. The molecule has 1 aliphatic heterocycles. The van der Waals surface area contributed by atoms with Crippen LogP contribution in [-0.4, -0.2) is 42.8 Å². The largest absolute Gasteiger partial charge is 0.450 e. The molecule has 0 bridgehead atoms. The van der Waals surface area contributed by atoms with E-state index in [2.05, 4.69) is 17.1 Å². The Balaban J connectivity index is 1.89. The van der Waals surface area contributed by atoms with Crippen LogP contribution in [0, 0.1) is 5.92 Å². The second-order valence-corrected chi connectivity index (χ2v) is 5.96. The van der Waals surface area contributed by atoms with Crippen molar-refractivity contribution in [2.24, 2.45) is 5.92 Å². The number of amides is 1. The number of rotatable bonds is 4. The van der Waals surface area contributed by atoms with Crippen molar-refractivity contribution in [1.29, 1.82) is 0 Å². The Morgan fingerprint density at radius 3 is 2.63 bits per heavy atom. The summed E-state index contributed by atoms with van der Waals surface area (Å²) in [7, 11) is 0. The lowest BCUT2D eigenvalue weighted by Crippen LogP contribution is -2.53. The SMILES string of the molecule is CCOC(=O)NC1CC(CC)CN(C2CCCC2)C1. The first kappa shape index (κ1) is 14.6. The van der Waals surface area contributed by atoms with Crippen LogP contribution < -0.4 is 5.32 Å². The first-order chi connectivity index (χ1) is 9.22. The second-order valence-electron chi connectivity index (χ2n) is 5.96. The van der Waals surface area contributed by atoms with Gasteiger partial charge in [0.1, 0.15) is 0 Å². The number of piperidine rings is 1. The quantitative estimate of drug-likeness (QED) is 0.852. The number of alkyl carbamates (subject to hydrolysis) is 1. The summed E-state index contributed by atoms with van der Waals surface area (Å²) in [5.74, 6) is 0.710. The molecule has 4 heteroatoms. The molecule has 19 heavy (non-hydrogen) atoms. The van der Waals surface area contributed by atoms with Gasteiger partial charge in [0.25, 0.3) is 0 Å². The van der Waals surface area contributed by atoms with Crippen LogP contribution in [0.1, 0.15) is 52.4 Å². The molecule has 110 valence electrons. The highest BCUT2D eigenvalue weighted by molar-refractivity contribution is 5.67. The molecule has 0 aromatic carbocycles. The summed E-state index contributed by atoms with van der Waals surface area (Å²) < 4.78 is 5.01. The molecule has 4 nitrogen and oxygen atoms in total. The maximum absolute atomic E-state index is 11.6. The van der Waals surface area contributed by atoms with Crippen molar-refractivity contribution >= 4 is 6.09 Å². The zero-order chi connectivity index (χ0) is 13.7. The van der Waals surface area contributed by atoms with Gasteiger partial charge >= 0.3 is 6.09 Å². The Bertz CT molecular complexity index is 290. The fourth-order valence-electron chi connectivity index (χ4n) is 3.55. The fourth-order valence-corrected chi connectivity index (χ4v) is 3.55. The zero-order valence-corrected chi connectivity index (χ0v) is 12.4. The van der Waals surface area contributed by atoms with Gasteiger partial charge in [-0.25, -0.2) is 4.79 Å². The predicted octanol–water partition coefficient (Wildman–Crippen LogP) is 2.78. The second kappa shape index (κ2) is 7.13. The topological polar surface area (TPSA) is 41.6 Å². The molecular formula is C15H28N2O2. The van der Waals surface area contributed by atoms with Crippen molar-refractivity contribution in [3.8, 4) is 0 Å². The van der Waals surface area contributed by atoms with Crippen molar-refractivity contribution in [3.63, 3.8) is 0 Å². The predicted molar refractivity (Wildman–Crippen MR) is 76.2 cm³/mol. The van der Waals surface area contributed by atoms with Crippen LogP contribution in [0.4, 0.5) is 4.79 Å². The lowest BCUT2D eigenvalue weighted by Gasteiger charge is -2.40. The van der Waals surface area contributed by atoms with Gasteiger partial charge in [0, 0.05) is 25.2 Å². The van der Waals surface area contributed by atoms with Gasteiger partial charge in [0.15, 0.2) is 0 Å². The molecule has 2 aliphatic rings. The molecule has 1 N–H and O–H groups in total. The normalized spacial score (nSPS) is 29.4. The molecule has 1 heterocycles. The molecule has 2 atom stereocenters. The van der Waals surface area contributed by atoms with Gasteiger partial charge in [-0.1, -0.05) is 26.2 Å². The van der Waals surface area contributed by atoms with Gasteiger partial charge in [-0.3, -0.25) is 4.90 Å². The minimum absolute atomic E-state index is 0.254. The number of carbonyl (C=O) groups is 1. The average molecular weight is 268 g/mol. The minimum Gasteiger partial charge on any atom is -0.450 e. The molecule has 0 aromatic heterocycles. The van der Waals surface area contributed by atoms with E-state index in [4.69, 9.17) is 4.74 Å². The van der Waals surface area contributed by atoms with Crippen LogP contribution in [0.25, 0.3) is 0 Å². The Hall–Kier alpha value is -0.770. The van der Waals surface area contributed by atoms with Gasteiger partial charge in [0.2, 0.25) is 0 Å². The third-order valence-corrected chi connectivity index (χ3v) is 4.58. The van der Waals surface area contributed by atoms with Crippen molar-refractivity contribution in [2.75, 3.05) is 19.7 Å². The molecule has 0 radical (unpaired) electrons. The van der Waals surface area contributed by atoms with Crippen LogP contribution in [0.5, 0.6) is 0 Å². The van der Waals surface area contributed by atoms with E-state index in [9.17, 15) is 4.79 Å². The van der Waals surface area contributed by atoms with Crippen molar-refractivity contribution in [3.05, 3.63) is 0 Å². The summed E-state index contributed by atoms with van der Waals surface area (Å²) >= 11 is 0. The number of nitrogens with zero attached hydrogens (tertiary/aromatic N) is 1.